The number of allylic oxidation sites excluding steroid dienone is 3. The average Bonchev–Trinajstić information content (AvgIpc) is 3.66. The van der Waals surface area contributed by atoms with E-state index in [-0.39, 0.29) is 61.7 Å². The molecule has 0 aliphatic carbocycles. The minimum absolute atomic E-state index is 0.0654. The number of nitrogens with zero attached hydrogens (tertiary/aromatic N) is 1. The van der Waals surface area contributed by atoms with Crippen LogP contribution in [0.3, 0.4) is 0 Å². The van der Waals surface area contributed by atoms with Gasteiger partial charge in [0.25, 0.3) is 0 Å². The van der Waals surface area contributed by atoms with Crippen LogP contribution in [-0.4, -0.2) is 64.3 Å². The number of nitroso groups, excluding NO2 is 1. The van der Waals surface area contributed by atoms with Crippen molar-refractivity contribution in [1.82, 2.24) is 0 Å². The number of hydrogen-bond acceptors (Lipinski definition) is 9. The summed E-state index contributed by atoms with van der Waals surface area (Å²) in [7, 11) is 0. The maximum atomic E-state index is 12.6. The third-order valence-corrected chi connectivity index (χ3v) is 8.02. The summed E-state index contributed by atoms with van der Waals surface area (Å²) < 4.78 is 17.1. The van der Waals surface area contributed by atoms with Gasteiger partial charge < -0.3 is 24.4 Å². The second-order valence-corrected chi connectivity index (χ2v) is 11.8. The number of hydrogen-bond donors (Lipinski definition) is 2. The molecule has 2 heterocycles. The Morgan fingerprint density at radius 1 is 1.30 bits per heavy atom. The molecule has 226 valence electrons. The van der Waals surface area contributed by atoms with Crippen molar-refractivity contribution in [3.8, 4) is 0 Å². The fourth-order valence-electron chi connectivity index (χ4n) is 5.18. The summed E-state index contributed by atoms with van der Waals surface area (Å²) in [6, 6.07) is -0.225. The van der Waals surface area contributed by atoms with Gasteiger partial charge in [-0.25, -0.2) is 0 Å². The second-order valence-electron chi connectivity index (χ2n) is 11.8. The Labute approximate surface area is 239 Å². The topological polar surface area (TPSA) is 135 Å². The molecule has 1 fully saturated rings. The third kappa shape index (κ3) is 10.2. The molecule has 10 atom stereocenters. The maximum absolute atomic E-state index is 12.6. The summed E-state index contributed by atoms with van der Waals surface area (Å²) in [5, 5.41) is 24.7. The highest BCUT2D eigenvalue weighted by Crippen LogP contribution is 2.37. The SMILES string of the molecule is CCC(=O)OC1/C=C/C(C)C(/C(C)=C/C=C/C(C)CC2OC2C(C)C(CC)N=O)OC(=O)CC(O)CCC1(C)O. The summed E-state index contributed by atoms with van der Waals surface area (Å²) >= 11 is 0. The number of rotatable bonds is 11. The molecule has 0 saturated carbocycles. The van der Waals surface area contributed by atoms with Crippen LogP contribution >= 0.6 is 0 Å². The Hall–Kier alpha value is -2.36. The van der Waals surface area contributed by atoms with E-state index in [1.807, 2.05) is 39.8 Å². The van der Waals surface area contributed by atoms with Crippen LogP contribution in [0.15, 0.2) is 41.1 Å². The van der Waals surface area contributed by atoms with E-state index in [1.165, 1.54) is 0 Å². The fourth-order valence-corrected chi connectivity index (χ4v) is 5.18. The maximum Gasteiger partial charge on any atom is 0.309 e. The van der Waals surface area contributed by atoms with Gasteiger partial charge in [-0.2, -0.15) is 4.91 Å². The zero-order valence-corrected chi connectivity index (χ0v) is 25.1. The van der Waals surface area contributed by atoms with Gasteiger partial charge in [0.15, 0.2) is 0 Å². The molecular formula is C31H49NO8. The van der Waals surface area contributed by atoms with Gasteiger partial charge in [-0.1, -0.05) is 64.1 Å². The van der Waals surface area contributed by atoms with Crippen molar-refractivity contribution in [1.29, 1.82) is 0 Å². The number of ether oxygens (including phenoxy) is 3. The van der Waals surface area contributed by atoms with Crippen molar-refractivity contribution in [2.24, 2.45) is 22.9 Å². The van der Waals surface area contributed by atoms with Gasteiger partial charge in [-0.3, -0.25) is 9.59 Å². The molecule has 0 aromatic heterocycles. The van der Waals surface area contributed by atoms with E-state index in [2.05, 4.69) is 18.2 Å². The normalized spacial score (nSPS) is 35.0. The number of epoxide rings is 1. The Bertz CT molecular complexity index is 942. The van der Waals surface area contributed by atoms with E-state index < -0.39 is 35.9 Å². The molecule has 40 heavy (non-hydrogen) atoms. The van der Waals surface area contributed by atoms with Crippen LogP contribution in [0.4, 0.5) is 0 Å². The minimum atomic E-state index is -1.41. The molecule has 0 radical (unpaired) electrons. The highest BCUT2D eigenvalue weighted by atomic mass is 16.6. The molecule has 2 N–H and O–H groups in total. The molecule has 2 rings (SSSR count). The Balaban J connectivity index is 2.13. The molecule has 1 saturated heterocycles. The monoisotopic (exact) mass is 563 g/mol. The van der Waals surface area contributed by atoms with Gasteiger partial charge in [-0.15, -0.1) is 0 Å². The van der Waals surface area contributed by atoms with Crippen LogP contribution in [0.2, 0.25) is 0 Å². The molecule has 0 aromatic rings. The summed E-state index contributed by atoms with van der Waals surface area (Å²) in [4.78, 5) is 35.7. The standard InChI is InChI=1S/C31H49NO8/c1-8-24(32-37)22(6)30-25(38-30)17-19(3)11-10-12-20(4)29-21(5)13-14-26(39-27(34)9-2)31(7,36)16-15-23(33)18-28(35)40-29/h10-14,19,21-26,29-30,33,36H,8-9,15-18H2,1-7H3/b11-10+,14-13+,20-12+. The van der Waals surface area contributed by atoms with E-state index in [4.69, 9.17) is 14.2 Å². The molecule has 0 amide bonds. The van der Waals surface area contributed by atoms with Crippen LogP contribution in [-0.2, 0) is 23.8 Å². The van der Waals surface area contributed by atoms with Gasteiger partial charge in [0.2, 0.25) is 0 Å². The lowest BCUT2D eigenvalue weighted by Crippen LogP contribution is -2.42. The Kier molecular flexibility index (Phi) is 13.2. The summed E-state index contributed by atoms with van der Waals surface area (Å²) in [5.74, 6) is -0.905. The largest absolute Gasteiger partial charge is 0.457 e. The van der Waals surface area contributed by atoms with Crippen molar-refractivity contribution in [2.75, 3.05) is 0 Å². The Morgan fingerprint density at radius 3 is 2.62 bits per heavy atom. The molecule has 0 bridgehead atoms. The molecule has 2 aliphatic rings. The Morgan fingerprint density at radius 2 is 2.00 bits per heavy atom. The number of cyclic esters (lactones) is 1. The van der Waals surface area contributed by atoms with Crippen LogP contribution in [0.25, 0.3) is 0 Å². The predicted molar refractivity (Wildman–Crippen MR) is 153 cm³/mol. The van der Waals surface area contributed by atoms with E-state index in [0.29, 0.717) is 6.42 Å². The van der Waals surface area contributed by atoms with E-state index in [9.17, 15) is 24.7 Å². The van der Waals surface area contributed by atoms with E-state index >= 15 is 0 Å². The molecule has 9 heteroatoms. The summed E-state index contributed by atoms with van der Waals surface area (Å²) in [6.45, 7) is 13.1. The second kappa shape index (κ2) is 15.6. The quantitative estimate of drug-likeness (QED) is 0.115. The number of carbonyl (C=O) groups is 2. The first kappa shape index (κ1) is 33.8. The number of aliphatic hydroxyl groups is 2. The lowest BCUT2D eigenvalue weighted by Gasteiger charge is -2.32. The molecule has 9 nitrogen and oxygen atoms in total. The van der Waals surface area contributed by atoms with Gasteiger partial charge in [0, 0.05) is 18.3 Å². The van der Waals surface area contributed by atoms with Gasteiger partial charge in [-0.05, 0) is 57.1 Å². The summed E-state index contributed by atoms with van der Waals surface area (Å²) in [5.41, 5.74) is -0.598. The number of carbonyl (C=O) groups excluding carboxylic acids is 2. The van der Waals surface area contributed by atoms with E-state index in [1.54, 1.807) is 26.0 Å². The van der Waals surface area contributed by atoms with Crippen LogP contribution in [0.1, 0.15) is 87.0 Å². The first-order valence-corrected chi connectivity index (χ1v) is 14.6. The van der Waals surface area contributed by atoms with Gasteiger partial charge in [0.05, 0.1) is 30.8 Å². The van der Waals surface area contributed by atoms with Crippen LogP contribution in [0.5, 0.6) is 0 Å². The fraction of sp³-hybridized carbons (Fsp3) is 0.742. The number of aliphatic hydroxyl groups excluding tert-OH is 1. The minimum Gasteiger partial charge on any atom is -0.457 e. The van der Waals surface area contributed by atoms with Crippen molar-refractivity contribution in [2.45, 2.75) is 129 Å². The molecule has 0 aromatic carbocycles. The zero-order chi connectivity index (χ0) is 30.0. The van der Waals surface area contributed by atoms with Crippen LogP contribution < -0.4 is 0 Å². The van der Waals surface area contributed by atoms with Crippen LogP contribution in [0, 0.1) is 22.7 Å². The van der Waals surface area contributed by atoms with Crippen molar-refractivity contribution in [3.05, 3.63) is 40.9 Å². The lowest BCUT2D eigenvalue weighted by molar-refractivity contribution is -0.159. The predicted octanol–water partition coefficient (Wildman–Crippen LogP) is 5.19. The summed E-state index contributed by atoms with van der Waals surface area (Å²) in [6.07, 6.45) is 8.86. The molecule has 0 spiro atoms. The molecule has 2 aliphatic heterocycles. The first-order chi connectivity index (χ1) is 18.8. The van der Waals surface area contributed by atoms with Crippen molar-refractivity contribution in [3.63, 3.8) is 0 Å². The number of esters is 2. The lowest BCUT2D eigenvalue weighted by atomic mass is 9.88. The van der Waals surface area contributed by atoms with Gasteiger partial charge in [0.1, 0.15) is 17.8 Å². The highest BCUT2D eigenvalue weighted by molar-refractivity contribution is 5.70. The van der Waals surface area contributed by atoms with Crippen molar-refractivity contribution < 1.29 is 34.0 Å². The average molecular weight is 564 g/mol. The molecule has 10 unspecified atom stereocenters. The van der Waals surface area contributed by atoms with E-state index in [0.717, 1.165) is 12.0 Å². The molecular weight excluding hydrogens is 514 g/mol. The van der Waals surface area contributed by atoms with Crippen molar-refractivity contribution >= 4 is 11.9 Å². The van der Waals surface area contributed by atoms with Gasteiger partial charge >= 0.3 is 11.9 Å². The first-order valence-electron chi connectivity index (χ1n) is 14.6. The highest BCUT2D eigenvalue weighted by Gasteiger charge is 2.45. The zero-order valence-electron chi connectivity index (χ0n) is 25.1. The third-order valence-electron chi connectivity index (χ3n) is 8.02. The smallest absolute Gasteiger partial charge is 0.309 e.